The lowest BCUT2D eigenvalue weighted by Gasteiger charge is -2.04. The summed E-state index contributed by atoms with van der Waals surface area (Å²) in [5.41, 5.74) is 10.4. The van der Waals surface area contributed by atoms with Gasteiger partial charge in [-0.05, 0) is 45.4 Å². The number of primary amides is 1. The van der Waals surface area contributed by atoms with Gasteiger partial charge < -0.3 is 22.1 Å². The van der Waals surface area contributed by atoms with E-state index in [0.717, 1.165) is 45.4 Å². The highest BCUT2D eigenvalue weighted by Crippen LogP contribution is 1.85. The molecule has 0 aliphatic rings. The van der Waals surface area contributed by atoms with Gasteiger partial charge in [-0.2, -0.15) is 0 Å². The topological polar surface area (TPSA) is 93.2 Å². The van der Waals surface area contributed by atoms with E-state index >= 15 is 0 Å². The number of hydrogen-bond donors (Lipinski definition) is 4. The summed E-state index contributed by atoms with van der Waals surface area (Å²) in [5.74, 6) is -0.244. The van der Waals surface area contributed by atoms with Crippen LogP contribution >= 0.6 is 37.2 Å². The Labute approximate surface area is 128 Å². The smallest absolute Gasteiger partial charge is 0.218 e. The van der Waals surface area contributed by atoms with E-state index in [1.807, 2.05) is 0 Å². The van der Waals surface area contributed by atoms with Crippen molar-refractivity contribution in [1.82, 2.24) is 10.6 Å². The molecule has 0 radical (unpaired) electrons. The molecule has 0 aromatic carbocycles. The Morgan fingerprint density at radius 3 is 1.72 bits per heavy atom. The first-order valence-electron chi connectivity index (χ1n) is 5.67. The maximum absolute atomic E-state index is 10.4. The molecule has 8 heteroatoms. The predicted octanol–water partition coefficient (Wildman–Crippen LogP) is 0.435. The minimum atomic E-state index is -0.244. The largest absolute Gasteiger partial charge is 0.370 e. The third-order valence-electron chi connectivity index (χ3n) is 2.06. The normalized spacial score (nSPS) is 8.72. The van der Waals surface area contributed by atoms with Crippen LogP contribution in [0.3, 0.4) is 0 Å². The number of carbonyl (C=O) groups excluding carboxylic acids is 1. The number of halogens is 3. The summed E-state index contributed by atoms with van der Waals surface area (Å²) in [4.78, 5) is 10.4. The Hall–Kier alpha value is 0.220. The summed E-state index contributed by atoms with van der Waals surface area (Å²) >= 11 is 0. The zero-order chi connectivity index (χ0) is 11.4. The van der Waals surface area contributed by atoms with Gasteiger partial charge >= 0.3 is 0 Å². The summed E-state index contributed by atoms with van der Waals surface area (Å²) in [5, 5.41) is 6.48. The number of nitrogens with two attached hydrogens (primary N) is 2. The summed E-state index contributed by atoms with van der Waals surface area (Å²) in [6, 6.07) is 0. The van der Waals surface area contributed by atoms with Crippen molar-refractivity contribution in [3.05, 3.63) is 0 Å². The quantitative estimate of drug-likeness (QED) is 0.415. The lowest BCUT2D eigenvalue weighted by Crippen LogP contribution is -2.24. The molecule has 0 atom stereocenters. The molecule has 0 bridgehead atoms. The molecule has 0 saturated heterocycles. The third-order valence-corrected chi connectivity index (χ3v) is 2.06. The monoisotopic (exact) mass is 324 g/mol. The van der Waals surface area contributed by atoms with Crippen LogP contribution in [0, 0.1) is 0 Å². The molecule has 114 valence electrons. The second-order valence-corrected chi connectivity index (χ2v) is 3.57. The van der Waals surface area contributed by atoms with E-state index < -0.39 is 0 Å². The Morgan fingerprint density at radius 2 is 1.28 bits per heavy atom. The standard InChI is InChI=1S/C10H24N4O.3ClH/c11-5-3-8-13-6-1-2-7-14-9-4-10(12)15;;;/h13-14H,1-9,11H2,(H2,12,15);3*1H. The van der Waals surface area contributed by atoms with Crippen molar-refractivity contribution in [3.63, 3.8) is 0 Å². The summed E-state index contributed by atoms with van der Waals surface area (Å²) in [7, 11) is 0. The minimum absolute atomic E-state index is 0. The van der Waals surface area contributed by atoms with Crippen molar-refractivity contribution in [3.8, 4) is 0 Å². The molecule has 0 unspecified atom stereocenters. The average Bonchev–Trinajstić information content (AvgIpc) is 2.20. The van der Waals surface area contributed by atoms with Gasteiger partial charge in [-0.25, -0.2) is 0 Å². The molecule has 0 aromatic heterocycles. The maximum Gasteiger partial charge on any atom is 0.218 e. The second-order valence-electron chi connectivity index (χ2n) is 3.57. The van der Waals surface area contributed by atoms with Gasteiger partial charge in [0.2, 0.25) is 5.91 Å². The molecule has 0 spiro atoms. The highest BCUT2D eigenvalue weighted by atomic mass is 35.5. The van der Waals surface area contributed by atoms with Gasteiger partial charge in [0.15, 0.2) is 0 Å². The molecule has 0 heterocycles. The third kappa shape index (κ3) is 25.2. The molecule has 0 rings (SSSR count). The summed E-state index contributed by atoms with van der Waals surface area (Å²) in [6.45, 7) is 4.44. The molecule has 0 aromatic rings. The minimum Gasteiger partial charge on any atom is -0.370 e. The van der Waals surface area contributed by atoms with E-state index in [-0.39, 0.29) is 43.1 Å². The van der Waals surface area contributed by atoms with Crippen LogP contribution in [0.15, 0.2) is 0 Å². The molecule has 1 amide bonds. The second kappa shape index (κ2) is 22.4. The van der Waals surface area contributed by atoms with Crippen LogP contribution in [0.25, 0.3) is 0 Å². The number of amides is 1. The Kier molecular flexibility index (Phi) is 33.3. The van der Waals surface area contributed by atoms with E-state index in [2.05, 4.69) is 10.6 Å². The molecular weight excluding hydrogens is 298 g/mol. The average molecular weight is 326 g/mol. The van der Waals surface area contributed by atoms with Gasteiger partial charge in [-0.3, -0.25) is 4.79 Å². The van der Waals surface area contributed by atoms with Crippen LogP contribution in [0.1, 0.15) is 25.7 Å². The first kappa shape index (κ1) is 26.7. The van der Waals surface area contributed by atoms with E-state index in [9.17, 15) is 4.79 Å². The lowest BCUT2D eigenvalue weighted by atomic mass is 10.3. The number of rotatable bonds is 11. The molecular formula is C10H27Cl3N4O. The zero-order valence-corrected chi connectivity index (χ0v) is 13.1. The van der Waals surface area contributed by atoms with Gasteiger partial charge in [0.25, 0.3) is 0 Å². The van der Waals surface area contributed by atoms with E-state index in [4.69, 9.17) is 11.5 Å². The molecule has 18 heavy (non-hydrogen) atoms. The van der Waals surface area contributed by atoms with Gasteiger partial charge in [0, 0.05) is 13.0 Å². The van der Waals surface area contributed by atoms with Gasteiger partial charge in [0.05, 0.1) is 0 Å². The fourth-order valence-electron chi connectivity index (χ4n) is 1.19. The Balaban J connectivity index is -0.000000327. The van der Waals surface area contributed by atoms with Crippen molar-refractivity contribution >= 4 is 43.1 Å². The summed E-state index contributed by atoms with van der Waals surface area (Å²) < 4.78 is 0. The van der Waals surface area contributed by atoms with Gasteiger partial charge in [-0.1, -0.05) is 0 Å². The molecule has 0 saturated carbocycles. The zero-order valence-electron chi connectivity index (χ0n) is 10.7. The highest BCUT2D eigenvalue weighted by molar-refractivity contribution is 5.86. The molecule has 0 fully saturated rings. The fourth-order valence-corrected chi connectivity index (χ4v) is 1.19. The summed E-state index contributed by atoms with van der Waals surface area (Å²) in [6.07, 6.45) is 3.73. The van der Waals surface area contributed by atoms with Crippen LogP contribution < -0.4 is 22.1 Å². The van der Waals surface area contributed by atoms with Crippen LogP contribution in [0.5, 0.6) is 0 Å². The van der Waals surface area contributed by atoms with Crippen molar-refractivity contribution < 1.29 is 4.79 Å². The van der Waals surface area contributed by atoms with E-state index in [1.54, 1.807) is 0 Å². The lowest BCUT2D eigenvalue weighted by molar-refractivity contribution is -0.117. The van der Waals surface area contributed by atoms with Crippen LogP contribution in [-0.2, 0) is 4.79 Å². The number of nitrogens with one attached hydrogen (secondary N) is 2. The Bertz CT molecular complexity index is 164. The van der Waals surface area contributed by atoms with Crippen molar-refractivity contribution in [2.24, 2.45) is 11.5 Å². The number of hydrogen-bond acceptors (Lipinski definition) is 4. The Morgan fingerprint density at radius 1 is 0.833 bits per heavy atom. The van der Waals surface area contributed by atoms with Crippen LogP contribution in [0.4, 0.5) is 0 Å². The fraction of sp³-hybridized carbons (Fsp3) is 0.900. The van der Waals surface area contributed by atoms with Crippen molar-refractivity contribution in [2.45, 2.75) is 25.7 Å². The molecule has 6 N–H and O–H groups in total. The highest BCUT2D eigenvalue weighted by Gasteiger charge is 1.93. The van der Waals surface area contributed by atoms with Crippen LogP contribution in [-0.4, -0.2) is 38.6 Å². The van der Waals surface area contributed by atoms with Gasteiger partial charge in [0.1, 0.15) is 0 Å². The van der Waals surface area contributed by atoms with Crippen LogP contribution in [0.2, 0.25) is 0 Å². The molecule has 5 nitrogen and oxygen atoms in total. The van der Waals surface area contributed by atoms with Gasteiger partial charge in [-0.15, -0.1) is 37.2 Å². The number of unbranched alkanes of at least 4 members (excludes halogenated alkanes) is 1. The molecule has 0 aliphatic heterocycles. The number of carbonyl (C=O) groups is 1. The maximum atomic E-state index is 10.4. The SMILES string of the molecule is Cl.Cl.Cl.NCCCNCCCCNCCC(N)=O. The molecule has 0 aliphatic carbocycles. The van der Waals surface area contributed by atoms with Crippen molar-refractivity contribution in [2.75, 3.05) is 32.7 Å². The first-order valence-corrected chi connectivity index (χ1v) is 5.67. The van der Waals surface area contributed by atoms with E-state index in [1.165, 1.54) is 0 Å². The van der Waals surface area contributed by atoms with Crippen molar-refractivity contribution in [1.29, 1.82) is 0 Å². The predicted molar refractivity (Wildman–Crippen MR) is 84.2 cm³/mol. The van der Waals surface area contributed by atoms with E-state index in [0.29, 0.717) is 13.0 Å². The first-order chi connectivity index (χ1) is 7.27.